The van der Waals surface area contributed by atoms with Crippen LogP contribution in [0.25, 0.3) is 22.2 Å². The Labute approximate surface area is 185 Å². The van der Waals surface area contributed by atoms with Gasteiger partial charge in [-0.15, -0.1) is 0 Å². The number of hydrogen-bond acceptors (Lipinski definition) is 6. The van der Waals surface area contributed by atoms with Crippen LogP contribution >= 0.6 is 0 Å². The monoisotopic (exact) mass is 432 g/mol. The summed E-state index contributed by atoms with van der Waals surface area (Å²) in [7, 11) is 1.28. The first-order chi connectivity index (χ1) is 15.4. The molecule has 0 unspecified atom stereocenters. The normalized spacial score (nSPS) is 11.0. The van der Waals surface area contributed by atoms with E-state index in [1.165, 1.54) is 7.11 Å². The van der Waals surface area contributed by atoms with Crippen molar-refractivity contribution in [3.05, 3.63) is 59.7 Å². The van der Waals surface area contributed by atoms with Gasteiger partial charge < -0.3 is 10.1 Å². The number of carbonyl (C=O) groups is 2. The molecule has 4 rings (SSSR count). The standard InChI is InChI=1S/C23H24N6O3/c1-5-28-12-17(14(3)26-28)19-11-16(15-9-7-8-10-18(15)24-19)22(30)25-20-13-29(6-2)27-21(20)23(31)32-4/h7-13H,5-6H2,1-4H3,(H,25,30). The summed E-state index contributed by atoms with van der Waals surface area (Å²) < 4.78 is 8.22. The van der Waals surface area contributed by atoms with Crippen molar-refractivity contribution in [1.29, 1.82) is 0 Å². The lowest BCUT2D eigenvalue weighted by Gasteiger charge is -2.10. The second kappa shape index (κ2) is 8.62. The van der Waals surface area contributed by atoms with E-state index in [2.05, 4.69) is 15.5 Å². The molecule has 1 amide bonds. The molecule has 0 radical (unpaired) electrons. The van der Waals surface area contributed by atoms with Crippen molar-refractivity contribution in [2.75, 3.05) is 12.4 Å². The number of para-hydroxylation sites is 1. The van der Waals surface area contributed by atoms with E-state index in [1.807, 2.05) is 55.9 Å². The first kappa shape index (κ1) is 21.2. The molecule has 4 aromatic rings. The number of ether oxygens (including phenoxy) is 1. The Morgan fingerprint density at radius 2 is 1.78 bits per heavy atom. The van der Waals surface area contributed by atoms with Gasteiger partial charge in [0, 0.05) is 36.4 Å². The second-order valence-corrected chi connectivity index (χ2v) is 7.25. The maximum Gasteiger partial charge on any atom is 0.360 e. The highest BCUT2D eigenvalue weighted by Crippen LogP contribution is 2.28. The topological polar surface area (TPSA) is 104 Å². The molecule has 0 aliphatic rings. The molecule has 9 heteroatoms. The molecule has 0 fully saturated rings. The van der Waals surface area contributed by atoms with Gasteiger partial charge in [-0.2, -0.15) is 10.2 Å². The fraction of sp³-hybridized carbons (Fsp3) is 0.261. The van der Waals surface area contributed by atoms with Crippen molar-refractivity contribution in [3.8, 4) is 11.3 Å². The molecule has 0 saturated carbocycles. The predicted molar refractivity (Wildman–Crippen MR) is 121 cm³/mol. The van der Waals surface area contributed by atoms with Gasteiger partial charge in [0.25, 0.3) is 5.91 Å². The minimum atomic E-state index is -0.615. The number of esters is 1. The largest absolute Gasteiger partial charge is 0.464 e. The maximum atomic E-state index is 13.4. The summed E-state index contributed by atoms with van der Waals surface area (Å²) >= 11 is 0. The van der Waals surface area contributed by atoms with Crippen LogP contribution in [-0.2, 0) is 17.8 Å². The molecule has 1 aromatic carbocycles. The van der Waals surface area contributed by atoms with Gasteiger partial charge in [0.1, 0.15) is 0 Å². The third-order valence-electron chi connectivity index (χ3n) is 5.22. The lowest BCUT2D eigenvalue weighted by atomic mass is 10.0. The van der Waals surface area contributed by atoms with Gasteiger partial charge in [-0.25, -0.2) is 9.78 Å². The van der Waals surface area contributed by atoms with Crippen molar-refractivity contribution in [3.63, 3.8) is 0 Å². The third kappa shape index (κ3) is 3.84. The quantitative estimate of drug-likeness (QED) is 0.466. The number of anilines is 1. The number of methoxy groups -OCH3 is 1. The van der Waals surface area contributed by atoms with E-state index in [9.17, 15) is 9.59 Å². The van der Waals surface area contributed by atoms with Crippen molar-refractivity contribution in [2.45, 2.75) is 33.9 Å². The molecular formula is C23H24N6O3. The number of carbonyl (C=O) groups excluding carboxylic acids is 2. The first-order valence-corrected chi connectivity index (χ1v) is 10.4. The number of nitrogens with one attached hydrogen (secondary N) is 1. The Balaban J connectivity index is 1.80. The zero-order valence-corrected chi connectivity index (χ0v) is 18.4. The van der Waals surface area contributed by atoms with E-state index in [0.717, 1.165) is 17.8 Å². The number of pyridine rings is 1. The molecule has 0 bridgehead atoms. The fourth-order valence-electron chi connectivity index (χ4n) is 3.54. The number of rotatable bonds is 6. The molecular weight excluding hydrogens is 408 g/mol. The summed E-state index contributed by atoms with van der Waals surface area (Å²) in [6.45, 7) is 7.10. The van der Waals surface area contributed by atoms with E-state index < -0.39 is 5.97 Å². The first-order valence-electron chi connectivity index (χ1n) is 10.4. The van der Waals surface area contributed by atoms with Crippen LogP contribution in [0, 0.1) is 6.92 Å². The number of aromatic nitrogens is 5. The number of hydrogen-bond donors (Lipinski definition) is 1. The van der Waals surface area contributed by atoms with E-state index in [-0.39, 0.29) is 11.6 Å². The molecule has 0 saturated heterocycles. The number of aryl methyl sites for hydroxylation is 3. The summed E-state index contributed by atoms with van der Waals surface area (Å²) in [5, 5.41) is 12.2. The van der Waals surface area contributed by atoms with Crippen LogP contribution in [0.1, 0.15) is 40.4 Å². The Morgan fingerprint density at radius 1 is 1.06 bits per heavy atom. The second-order valence-electron chi connectivity index (χ2n) is 7.25. The van der Waals surface area contributed by atoms with Crippen LogP contribution in [0.5, 0.6) is 0 Å². The average Bonchev–Trinajstić information content (AvgIpc) is 3.40. The van der Waals surface area contributed by atoms with Crippen LogP contribution in [0.4, 0.5) is 5.69 Å². The van der Waals surface area contributed by atoms with E-state index in [4.69, 9.17) is 9.72 Å². The van der Waals surface area contributed by atoms with Crippen LogP contribution in [-0.4, -0.2) is 43.5 Å². The van der Waals surface area contributed by atoms with Crippen molar-refractivity contribution in [1.82, 2.24) is 24.5 Å². The molecule has 9 nitrogen and oxygen atoms in total. The highest BCUT2D eigenvalue weighted by molar-refractivity contribution is 6.14. The van der Waals surface area contributed by atoms with Crippen molar-refractivity contribution < 1.29 is 14.3 Å². The van der Waals surface area contributed by atoms with Gasteiger partial charge >= 0.3 is 5.97 Å². The molecule has 1 N–H and O–H groups in total. The maximum absolute atomic E-state index is 13.4. The molecule has 164 valence electrons. The minimum Gasteiger partial charge on any atom is -0.464 e. The highest BCUT2D eigenvalue weighted by atomic mass is 16.5. The minimum absolute atomic E-state index is 0.0568. The van der Waals surface area contributed by atoms with Gasteiger partial charge in [-0.05, 0) is 32.9 Å². The summed E-state index contributed by atoms with van der Waals surface area (Å²) in [5.74, 6) is -0.985. The van der Waals surface area contributed by atoms with Crippen LogP contribution < -0.4 is 5.32 Å². The smallest absolute Gasteiger partial charge is 0.360 e. The number of nitrogens with zero attached hydrogens (tertiary/aromatic N) is 5. The Bertz CT molecular complexity index is 1320. The average molecular weight is 432 g/mol. The summed E-state index contributed by atoms with van der Waals surface area (Å²) in [5.41, 5.74) is 3.83. The van der Waals surface area contributed by atoms with Gasteiger partial charge in [-0.3, -0.25) is 14.2 Å². The Hall–Kier alpha value is -4.01. The lowest BCUT2D eigenvalue weighted by molar-refractivity contribution is 0.0594. The van der Waals surface area contributed by atoms with Crippen molar-refractivity contribution >= 4 is 28.5 Å². The van der Waals surface area contributed by atoms with E-state index >= 15 is 0 Å². The van der Waals surface area contributed by atoms with Gasteiger partial charge in [0.2, 0.25) is 0 Å². The number of amides is 1. The highest BCUT2D eigenvalue weighted by Gasteiger charge is 2.22. The molecule has 0 aliphatic heterocycles. The summed E-state index contributed by atoms with van der Waals surface area (Å²) in [4.78, 5) is 30.3. The zero-order chi connectivity index (χ0) is 22.8. The van der Waals surface area contributed by atoms with Gasteiger partial charge in [-0.1, -0.05) is 18.2 Å². The van der Waals surface area contributed by atoms with Gasteiger partial charge in [0.15, 0.2) is 5.69 Å². The Kier molecular flexibility index (Phi) is 5.72. The van der Waals surface area contributed by atoms with E-state index in [0.29, 0.717) is 34.4 Å². The van der Waals surface area contributed by atoms with Crippen LogP contribution in [0.3, 0.4) is 0 Å². The molecule has 32 heavy (non-hydrogen) atoms. The van der Waals surface area contributed by atoms with Crippen LogP contribution in [0.2, 0.25) is 0 Å². The number of benzene rings is 1. The van der Waals surface area contributed by atoms with E-state index in [1.54, 1.807) is 16.9 Å². The molecule has 0 atom stereocenters. The van der Waals surface area contributed by atoms with Crippen LogP contribution in [0.15, 0.2) is 42.7 Å². The SMILES string of the molecule is CCn1cc(-c2cc(C(=O)Nc3cn(CC)nc3C(=O)OC)c3ccccc3n2)c(C)n1. The fourth-order valence-corrected chi connectivity index (χ4v) is 3.54. The van der Waals surface area contributed by atoms with Gasteiger partial charge in [0.05, 0.1) is 35.3 Å². The summed E-state index contributed by atoms with van der Waals surface area (Å²) in [6.07, 6.45) is 3.54. The lowest BCUT2D eigenvalue weighted by Crippen LogP contribution is -2.15. The zero-order valence-electron chi connectivity index (χ0n) is 18.4. The molecule has 0 aliphatic carbocycles. The molecule has 3 heterocycles. The number of fused-ring (bicyclic) bond motifs is 1. The Morgan fingerprint density at radius 3 is 2.47 bits per heavy atom. The molecule has 0 spiro atoms. The predicted octanol–water partition coefficient (Wildman–Crippen LogP) is 3.68. The van der Waals surface area contributed by atoms with Crippen molar-refractivity contribution in [2.24, 2.45) is 0 Å². The summed E-state index contributed by atoms with van der Waals surface area (Å²) in [6, 6.07) is 9.20. The third-order valence-corrected chi connectivity index (χ3v) is 5.22. The molecule has 3 aromatic heterocycles.